The molecule has 18 heavy (non-hydrogen) atoms. The second kappa shape index (κ2) is 4.76. The highest BCUT2D eigenvalue weighted by atomic mass is 19.3. The van der Waals surface area contributed by atoms with Crippen LogP contribution in [0.15, 0.2) is 24.3 Å². The minimum Gasteiger partial charge on any atom is -0.294 e. The van der Waals surface area contributed by atoms with Gasteiger partial charge in [0.25, 0.3) is 0 Å². The van der Waals surface area contributed by atoms with E-state index in [1.807, 2.05) is 0 Å². The number of alkyl halides is 2. The first kappa shape index (κ1) is 13.1. The average molecular weight is 253 g/mol. The first-order valence-electron chi connectivity index (χ1n) is 6.18. The summed E-state index contributed by atoms with van der Waals surface area (Å²) in [4.78, 5) is 11.8. The molecule has 0 radical (unpaired) electrons. The molecule has 0 spiro atoms. The van der Waals surface area contributed by atoms with Crippen LogP contribution in [0.4, 0.5) is 8.78 Å². The Morgan fingerprint density at radius 3 is 2.39 bits per heavy atom. The molecule has 0 saturated heterocycles. The maximum absolute atomic E-state index is 13.0. The molecule has 1 saturated carbocycles. The molecule has 2 nitrogen and oxygen atoms in total. The third-order valence-corrected chi connectivity index (χ3v) is 3.48. The fourth-order valence-corrected chi connectivity index (χ4v) is 1.88. The standard InChI is InChI=1S/C14H17F2NO/c1-9(14(15,16)17)11-4-6-12(7-5-11)13(18)8-10-2-3-10/h4-7,9-10H,2-3,8,17H2,1H3. The molecule has 1 fully saturated rings. The molecule has 0 heterocycles. The van der Waals surface area contributed by atoms with E-state index in [2.05, 4.69) is 0 Å². The minimum absolute atomic E-state index is 0.0937. The van der Waals surface area contributed by atoms with Crippen molar-refractivity contribution >= 4 is 5.78 Å². The van der Waals surface area contributed by atoms with Crippen molar-refractivity contribution in [3.8, 4) is 0 Å². The van der Waals surface area contributed by atoms with E-state index >= 15 is 0 Å². The number of nitrogens with two attached hydrogens (primary N) is 1. The van der Waals surface area contributed by atoms with E-state index < -0.39 is 12.0 Å². The predicted octanol–water partition coefficient (Wildman–Crippen LogP) is 3.32. The quantitative estimate of drug-likeness (QED) is 0.646. The van der Waals surface area contributed by atoms with Gasteiger partial charge in [-0.3, -0.25) is 10.5 Å². The van der Waals surface area contributed by atoms with E-state index in [4.69, 9.17) is 5.73 Å². The van der Waals surface area contributed by atoms with Crippen LogP contribution in [0.25, 0.3) is 0 Å². The van der Waals surface area contributed by atoms with Crippen LogP contribution in [0.5, 0.6) is 0 Å². The Bertz CT molecular complexity index is 432. The number of Topliss-reactive ketones (excluding diaryl/α,β-unsaturated/α-hetero) is 1. The molecule has 1 aliphatic rings. The average Bonchev–Trinajstić information content (AvgIpc) is 3.11. The number of hydrogen-bond acceptors (Lipinski definition) is 2. The van der Waals surface area contributed by atoms with Crippen LogP contribution >= 0.6 is 0 Å². The van der Waals surface area contributed by atoms with Crippen molar-refractivity contribution in [2.75, 3.05) is 0 Å². The molecule has 1 unspecified atom stereocenters. The number of ketones is 1. The lowest BCUT2D eigenvalue weighted by Gasteiger charge is -2.19. The predicted molar refractivity (Wildman–Crippen MR) is 65.7 cm³/mol. The highest BCUT2D eigenvalue weighted by Gasteiger charge is 2.32. The summed E-state index contributed by atoms with van der Waals surface area (Å²) in [5.41, 5.74) is 5.83. The second-order valence-corrected chi connectivity index (χ2v) is 5.09. The number of benzene rings is 1. The van der Waals surface area contributed by atoms with Gasteiger partial charge in [0, 0.05) is 12.0 Å². The Kier molecular flexibility index (Phi) is 3.48. The van der Waals surface area contributed by atoms with Crippen LogP contribution in [0.2, 0.25) is 0 Å². The molecular formula is C14H17F2NO. The van der Waals surface area contributed by atoms with E-state index in [9.17, 15) is 13.6 Å². The molecule has 2 rings (SSSR count). The van der Waals surface area contributed by atoms with E-state index in [0.29, 0.717) is 23.5 Å². The van der Waals surface area contributed by atoms with Crippen LogP contribution in [0, 0.1) is 5.92 Å². The normalized spacial score (nSPS) is 17.6. The maximum atomic E-state index is 13.0. The number of rotatable bonds is 5. The lowest BCUT2D eigenvalue weighted by Crippen LogP contribution is -2.34. The smallest absolute Gasteiger partial charge is 0.294 e. The zero-order valence-electron chi connectivity index (χ0n) is 10.3. The molecule has 1 aliphatic carbocycles. The van der Waals surface area contributed by atoms with Crippen molar-refractivity contribution in [1.82, 2.24) is 0 Å². The zero-order chi connectivity index (χ0) is 13.3. The van der Waals surface area contributed by atoms with Crippen LogP contribution in [0.1, 0.15) is 48.0 Å². The first-order valence-corrected chi connectivity index (χ1v) is 6.18. The largest absolute Gasteiger partial charge is 0.306 e. The molecule has 1 aromatic carbocycles. The van der Waals surface area contributed by atoms with Crippen molar-refractivity contribution in [2.45, 2.75) is 38.2 Å². The summed E-state index contributed by atoms with van der Waals surface area (Å²) in [6, 6.07) is 3.11. The van der Waals surface area contributed by atoms with Gasteiger partial charge in [-0.25, -0.2) is 0 Å². The van der Waals surface area contributed by atoms with Crippen LogP contribution in [-0.4, -0.2) is 11.8 Å². The molecule has 1 atom stereocenters. The summed E-state index contributed by atoms with van der Waals surface area (Å²) in [6.07, 6.45) is 2.82. The Balaban J connectivity index is 2.06. The van der Waals surface area contributed by atoms with Gasteiger partial charge in [-0.05, 0) is 24.3 Å². The summed E-state index contributed by atoms with van der Waals surface area (Å²) in [6.45, 7) is 1.38. The van der Waals surface area contributed by atoms with Crippen molar-refractivity contribution in [1.29, 1.82) is 0 Å². The molecule has 4 heteroatoms. The van der Waals surface area contributed by atoms with E-state index in [1.165, 1.54) is 6.92 Å². The highest BCUT2D eigenvalue weighted by molar-refractivity contribution is 5.96. The van der Waals surface area contributed by atoms with Gasteiger partial charge < -0.3 is 0 Å². The van der Waals surface area contributed by atoms with Crippen molar-refractivity contribution < 1.29 is 13.6 Å². The zero-order valence-corrected chi connectivity index (χ0v) is 10.3. The van der Waals surface area contributed by atoms with Gasteiger partial charge in [-0.2, -0.15) is 8.78 Å². The monoisotopic (exact) mass is 253 g/mol. The van der Waals surface area contributed by atoms with Crippen molar-refractivity contribution in [2.24, 2.45) is 11.7 Å². The number of hydrogen-bond donors (Lipinski definition) is 1. The minimum atomic E-state index is -3.24. The van der Waals surface area contributed by atoms with Crippen LogP contribution in [-0.2, 0) is 0 Å². The summed E-state index contributed by atoms with van der Waals surface area (Å²) < 4.78 is 25.9. The lowest BCUT2D eigenvalue weighted by molar-refractivity contribution is -0.0156. The van der Waals surface area contributed by atoms with E-state index in [1.54, 1.807) is 24.3 Å². The van der Waals surface area contributed by atoms with Gasteiger partial charge in [0.15, 0.2) is 5.78 Å². The summed E-state index contributed by atoms with van der Waals surface area (Å²) in [5, 5.41) is 0. The molecule has 2 N–H and O–H groups in total. The molecule has 1 aromatic rings. The summed E-state index contributed by atoms with van der Waals surface area (Å²) in [7, 11) is 0. The van der Waals surface area contributed by atoms with Crippen LogP contribution in [0.3, 0.4) is 0 Å². The Morgan fingerprint density at radius 1 is 1.39 bits per heavy atom. The lowest BCUT2D eigenvalue weighted by atomic mass is 9.96. The maximum Gasteiger partial charge on any atom is 0.306 e. The van der Waals surface area contributed by atoms with Gasteiger partial charge in [0.2, 0.25) is 0 Å². The molecule has 0 aromatic heterocycles. The Hall–Kier alpha value is -1.29. The molecular weight excluding hydrogens is 236 g/mol. The fourth-order valence-electron chi connectivity index (χ4n) is 1.88. The van der Waals surface area contributed by atoms with E-state index in [0.717, 1.165) is 12.8 Å². The van der Waals surface area contributed by atoms with Crippen molar-refractivity contribution in [3.05, 3.63) is 35.4 Å². The fraction of sp³-hybridized carbons (Fsp3) is 0.500. The Morgan fingerprint density at radius 2 is 1.94 bits per heavy atom. The third kappa shape index (κ3) is 3.13. The van der Waals surface area contributed by atoms with E-state index in [-0.39, 0.29) is 5.78 Å². The SMILES string of the molecule is CC(c1ccc(C(=O)CC2CC2)cc1)C(N)(F)F. The number of carbonyl (C=O) groups excluding carboxylic acids is 1. The first-order chi connectivity index (χ1) is 8.38. The second-order valence-electron chi connectivity index (χ2n) is 5.09. The third-order valence-electron chi connectivity index (χ3n) is 3.48. The number of carbonyl (C=O) groups is 1. The van der Waals surface area contributed by atoms with Gasteiger partial charge in [0.05, 0.1) is 5.92 Å². The molecule has 0 bridgehead atoms. The van der Waals surface area contributed by atoms with Gasteiger partial charge in [0.1, 0.15) is 0 Å². The molecule has 0 amide bonds. The Labute approximate surface area is 105 Å². The summed E-state index contributed by atoms with van der Waals surface area (Å²) in [5.74, 6) is -0.425. The van der Waals surface area contributed by atoms with Gasteiger partial charge >= 0.3 is 6.05 Å². The van der Waals surface area contributed by atoms with Gasteiger partial charge in [-0.15, -0.1) is 0 Å². The van der Waals surface area contributed by atoms with Gasteiger partial charge in [-0.1, -0.05) is 31.2 Å². The molecule has 98 valence electrons. The topological polar surface area (TPSA) is 43.1 Å². The number of halogens is 2. The van der Waals surface area contributed by atoms with Crippen LogP contribution < -0.4 is 5.73 Å². The summed E-state index contributed by atoms with van der Waals surface area (Å²) >= 11 is 0. The highest BCUT2D eigenvalue weighted by Crippen LogP contribution is 2.34. The van der Waals surface area contributed by atoms with Crippen molar-refractivity contribution in [3.63, 3.8) is 0 Å². The molecule has 0 aliphatic heterocycles.